The molecule has 6 nitrogen and oxygen atoms in total. The van der Waals surface area contributed by atoms with Gasteiger partial charge in [-0.2, -0.15) is 0 Å². The number of nitrogens with one attached hydrogen (secondary N) is 2. The van der Waals surface area contributed by atoms with Gasteiger partial charge in [0.05, 0.1) is 24.4 Å². The number of rotatable bonds is 5. The van der Waals surface area contributed by atoms with Crippen molar-refractivity contribution in [3.8, 4) is 5.75 Å². The summed E-state index contributed by atoms with van der Waals surface area (Å²) in [4.78, 5) is 15.8. The Balaban J connectivity index is 2.09. The zero-order valence-corrected chi connectivity index (χ0v) is 14.3. The molecule has 2 rings (SSSR count). The summed E-state index contributed by atoms with van der Waals surface area (Å²) >= 11 is 5.93. The second kappa shape index (κ2) is 7.81. The smallest absolute Gasteiger partial charge is 0.238 e. The number of ether oxygens (including phenoxy) is 1. The Bertz CT molecular complexity index is 573. The summed E-state index contributed by atoms with van der Waals surface area (Å²) in [7, 11) is 3.21. The number of carbonyl (C=O) groups is 1. The quantitative estimate of drug-likeness (QED) is 0.787. The lowest BCUT2D eigenvalue weighted by atomic mass is 10.1. The zero-order valence-electron chi connectivity index (χ0n) is 13.5. The predicted molar refractivity (Wildman–Crippen MR) is 88.4 cm³/mol. The second-order valence-electron chi connectivity index (χ2n) is 5.42. The van der Waals surface area contributed by atoms with E-state index >= 15 is 0 Å². The van der Waals surface area contributed by atoms with Gasteiger partial charge in [0.15, 0.2) is 0 Å². The molecule has 1 unspecified atom stereocenters. The molecule has 1 aliphatic heterocycles. The molecule has 2 N–H and O–H groups in total. The molecule has 0 spiro atoms. The summed E-state index contributed by atoms with van der Waals surface area (Å²) in [5, 5.41) is 0.244. The van der Waals surface area contributed by atoms with Crippen LogP contribution in [0.3, 0.4) is 0 Å². The molecule has 1 aromatic rings. The van der Waals surface area contributed by atoms with Gasteiger partial charge >= 0.3 is 0 Å². The fourth-order valence-corrected chi connectivity index (χ4v) is 2.96. The van der Waals surface area contributed by atoms with Crippen molar-refractivity contribution in [2.45, 2.75) is 13.0 Å². The topological polar surface area (TPSA) is 56.8 Å². The molecule has 1 saturated heterocycles. The van der Waals surface area contributed by atoms with Crippen LogP contribution in [-0.4, -0.2) is 57.2 Å². The highest BCUT2D eigenvalue weighted by molar-refractivity contribution is 6.32. The molecular weight excluding hydrogens is 323 g/mol. The monoisotopic (exact) mass is 344 g/mol. The maximum atomic E-state index is 14.2. The van der Waals surface area contributed by atoms with Gasteiger partial charge < -0.3 is 14.5 Å². The number of anilines is 1. The molecule has 1 heterocycles. The average Bonchev–Trinajstić information content (AvgIpc) is 2.52. The molecule has 1 atom stereocenters. The van der Waals surface area contributed by atoms with Crippen LogP contribution >= 0.6 is 11.6 Å². The van der Waals surface area contributed by atoms with Gasteiger partial charge in [-0.1, -0.05) is 11.6 Å². The highest BCUT2D eigenvalue weighted by Crippen LogP contribution is 2.33. The van der Waals surface area contributed by atoms with Crippen molar-refractivity contribution in [1.82, 2.24) is 15.8 Å². The molecule has 1 aromatic carbocycles. The number of amides is 1. The van der Waals surface area contributed by atoms with Crippen molar-refractivity contribution in [1.29, 1.82) is 0 Å². The van der Waals surface area contributed by atoms with Gasteiger partial charge in [-0.3, -0.25) is 10.2 Å². The lowest BCUT2D eigenvalue weighted by Crippen LogP contribution is -2.56. The van der Waals surface area contributed by atoms with Crippen LogP contribution in [0.4, 0.5) is 10.1 Å². The van der Waals surface area contributed by atoms with Crippen LogP contribution in [0.5, 0.6) is 5.75 Å². The summed E-state index contributed by atoms with van der Waals surface area (Å²) in [5.74, 6) is 0.0627. The maximum absolute atomic E-state index is 14.2. The van der Waals surface area contributed by atoms with Crippen molar-refractivity contribution in [2.24, 2.45) is 0 Å². The molecule has 8 heteroatoms. The lowest BCUT2D eigenvalue weighted by molar-refractivity contribution is -0.132. The minimum absolute atomic E-state index is 0.0145. The fraction of sp³-hybridized carbons (Fsp3) is 0.533. The first-order valence-corrected chi connectivity index (χ1v) is 7.82. The number of hydrogen-bond acceptors (Lipinski definition) is 5. The van der Waals surface area contributed by atoms with E-state index in [-0.39, 0.29) is 29.3 Å². The van der Waals surface area contributed by atoms with Gasteiger partial charge in [-0.25, -0.2) is 9.82 Å². The number of nitrogens with zero attached hydrogens (tertiary/aromatic N) is 2. The summed E-state index contributed by atoms with van der Waals surface area (Å²) in [5.41, 5.74) is 5.96. The highest BCUT2D eigenvalue weighted by Gasteiger charge is 2.28. The summed E-state index contributed by atoms with van der Waals surface area (Å²) in [6, 6.07) is 2.84. The van der Waals surface area contributed by atoms with Gasteiger partial charge in [0.25, 0.3) is 0 Å². The largest absolute Gasteiger partial charge is 0.495 e. The van der Waals surface area contributed by atoms with Crippen molar-refractivity contribution >= 4 is 23.2 Å². The number of halogens is 2. The zero-order chi connectivity index (χ0) is 17.0. The lowest BCUT2D eigenvalue weighted by Gasteiger charge is -2.41. The highest BCUT2D eigenvalue weighted by atomic mass is 35.5. The molecule has 23 heavy (non-hydrogen) atoms. The van der Waals surface area contributed by atoms with E-state index in [1.807, 2.05) is 11.8 Å². The molecular formula is C15H22ClFN4O2. The third kappa shape index (κ3) is 4.04. The molecule has 128 valence electrons. The molecule has 0 saturated carbocycles. The predicted octanol–water partition coefficient (Wildman–Crippen LogP) is 1.25. The average molecular weight is 345 g/mol. The summed E-state index contributed by atoms with van der Waals surface area (Å²) < 4.78 is 19.4. The second-order valence-corrected chi connectivity index (χ2v) is 5.83. The maximum Gasteiger partial charge on any atom is 0.238 e. The van der Waals surface area contributed by atoms with Gasteiger partial charge in [0.1, 0.15) is 11.6 Å². The minimum Gasteiger partial charge on any atom is -0.495 e. The van der Waals surface area contributed by atoms with E-state index in [2.05, 4.69) is 10.9 Å². The minimum atomic E-state index is -0.389. The molecule has 0 bridgehead atoms. The summed E-state index contributed by atoms with van der Waals surface area (Å²) in [6.45, 7) is 3.82. The van der Waals surface area contributed by atoms with E-state index in [4.69, 9.17) is 16.3 Å². The van der Waals surface area contributed by atoms with Crippen LogP contribution in [0, 0.1) is 5.82 Å². The normalized spacial score (nSPS) is 18.2. The van der Waals surface area contributed by atoms with Gasteiger partial charge in [-0.15, -0.1) is 0 Å². The fourth-order valence-electron chi connectivity index (χ4n) is 2.73. The van der Waals surface area contributed by atoms with Gasteiger partial charge in [-0.05, 0) is 20.0 Å². The van der Waals surface area contributed by atoms with Crippen molar-refractivity contribution in [2.75, 3.05) is 45.2 Å². The number of hydrazine groups is 1. The molecule has 0 aromatic heterocycles. The van der Waals surface area contributed by atoms with Crippen molar-refractivity contribution in [3.63, 3.8) is 0 Å². The Morgan fingerprint density at radius 2 is 2.22 bits per heavy atom. The third-order valence-corrected chi connectivity index (χ3v) is 4.22. The number of piperazine rings is 1. The van der Waals surface area contributed by atoms with Crippen molar-refractivity contribution in [3.05, 3.63) is 23.0 Å². The van der Waals surface area contributed by atoms with Crippen LogP contribution in [0.2, 0.25) is 5.02 Å². The Morgan fingerprint density at radius 3 is 2.83 bits per heavy atom. The standard InChI is InChI=1S/C15H22ClFN4O2/c1-10-9-20(4-5-21(10)15(22)8-19-18-2)13-7-14(23-3)11(16)6-12(13)17/h6-7,10,18-19H,4-5,8-9H2,1-3H3. The third-order valence-electron chi connectivity index (χ3n) is 3.93. The van der Waals surface area contributed by atoms with Crippen LogP contribution in [-0.2, 0) is 4.79 Å². The van der Waals surface area contributed by atoms with Gasteiger partial charge in [0.2, 0.25) is 5.91 Å². The molecule has 1 aliphatic rings. The van der Waals surface area contributed by atoms with Gasteiger partial charge in [0, 0.05) is 31.7 Å². The van der Waals surface area contributed by atoms with E-state index < -0.39 is 0 Å². The Labute approximate surface area is 140 Å². The number of methoxy groups -OCH3 is 1. The first kappa shape index (κ1) is 17.8. The summed E-state index contributed by atoms with van der Waals surface area (Å²) in [6.07, 6.45) is 0. The molecule has 1 amide bonds. The first-order chi connectivity index (χ1) is 11.0. The van der Waals surface area contributed by atoms with E-state index in [1.165, 1.54) is 13.2 Å². The van der Waals surface area contributed by atoms with Crippen molar-refractivity contribution < 1.29 is 13.9 Å². The van der Waals surface area contributed by atoms with E-state index in [1.54, 1.807) is 18.0 Å². The van der Waals surface area contributed by atoms with E-state index in [9.17, 15) is 9.18 Å². The number of benzene rings is 1. The van der Waals surface area contributed by atoms with Crippen LogP contribution in [0.15, 0.2) is 12.1 Å². The van der Waals surface area contributed by atoms with E-state index in [0.29, 0.717) is 31.1 Å². The Hall–Kier alpha value is -1.57. The van der Waals surface area contributed by atoms with Crippen LogP contribution in [0.25, 0.3) is 0 Å². The first-order valence-electron chi connectivity index (χ1n) is 7.45. The molecule has 1 fully saturated rings. The molecule has 0 aliphatic carbocycles. The van der Waals surface area contributed by atoms with E-state index in [0.717, 1.165) is 0 Å². The Morgan fingerprint density at radius 1 is 1.48 bits per heavy atom. The van der Waals surface area contributed by atoms with Crippen LogP contribution < -0.4 is 20.5 Å². The number of hydrogen-bond donors (Lipinski definition) is 2. The number of carbonyl (C=O) groups excluding carboxylic acids is 1. The Kier molecular flexibility index (Phi) is 6.04. The van der Waals surface area contributed by atoms with Crippen LogP contribution in [0.1, 0.15) is 6.92 Å². The SMILES string of the molecule is CNNCC(=O)N1CCN(c2cc(OC)c(Cl)cc2F)CC1C. The molecule has 0 radical (unpaired) electrons.